The van der Waals surface area contributed by atoms with Crippen LogP contribution >= 0.6 is 0 Å². The van der Waals surface area contributed by atoms with Gasteiger partial charge in [-0.25, -0.2) is 4.98 Å². The van der Waals surface area contributed by atoms with Crippen LogP contribution in [0.15, 0.2) is 42.9 Å². The van der Waals surface area contributed by atoms with Gasteiger partial charge >= 0.3 is 0 Å². The Kier molecular flexibility index (Phi) is 5.57. The van der Waals surface area contributed by atoms with Crippen molar-refractivity contribution in [3.8, 4) is 5.88 Å². The smallest absolute Gasteiger partial charge is 0.255 e. The molecule has 7 heteroatoms. The lowest BCUT2D eigenvalue weighted by molar-refractivity contribution is -0.186. The van der Waals surface area contributed by atoms with E-state index in [0.29, 0.717) is 30.4 Å². The molecule has 2 amide bonds. The first-order valence-corrected chi connectivity index (χ1v) is 11.7. The standard InChI is InChI=1S/C25H30N4O3/c1-32-21-6-5-19(17-27-21)23(30)28-15-9-20(10-16-28)29-22(18-7-13-26-14-8-18)25(24(29)31)11-3-2-4-12-25/h5-8,13-14,17,20,22H,2-4,9-12,15-16H2,1H3. The molecule has 1 atom stereocenters. The molecule has 1 unspecified atom stereocenters. The second-order valence-electron chi connectivity index (χ2n) is 9.22. The average Bonchev–Trinajstić information content (AvgIpc) is 2.87. The maximum atomic E-state index is 13.5. The molecule has 2 saturated heterocycles. The minimum atomic E-state index is -0.235. The third-order valence-electron chi connectivity index (χ3n) is 7.57. The van der Waals surface area contributed by atoms with Crippen molar-refractivity contribution in [3.63, 3.8) is 0 Å². The number of nitrogens with zero attached hydrogens (tertiary/aromatic N) is 4. The number of β-lactam (4-membered cyclic amide) rings is 1. The van der Waals surface area contributed by atoms with E-state index in [2.05, 4.69) is 27.0 Å². The van der Waals surface area contributed by atoms with E-state index in [1.54, 1.807) is 25.4 Å². The molecular formula is C25H30N4O3. The molecule has 2 aromatic heterocycles. The SMILES string of the molecule is COc1ccc(C(=O)N2CCC(N3C(=O)C4(CCCCC4)C3c3ccncc3)CC2)cn1. The number of methoxy groups -OCH3 is 1. The fraction of sp³-hybridized carbons (Fsp3) is 0.520. The van der Waals surface area contributed by atoms with Gasteiger partial charge in [-0.05, 0) is 49.4 Å². The zero-order valence-corrected chi connectivity index (χ0v) is 18.6. The molecule has 3 aliphatic rings. The quantitative estimate of drug-likeness (QED) is 0.687. The summed E-state index contributed by atoms with van der Waals surface area (Å²) in [7, 11) is 1.56. The number of rotatable bonds is 4. The van der Waals surface area contributed by atoms with Crippen LogP contribution in [0.2, 0.25) is 0 Å². The molecule has 3 fully saturated rings. The van der Waals surface area contributed by atoms with Gasteiger partial charge in [0.25, 0.3) is 5.91 Å². The molecule has 7 nitrogen and oxygen atoms in total. The van der Waals surface area contributed by atoms with E-state index in [9.17, 15) is 9.59 Å². The van der Waals surface area contributed by atoms with E-state index >= 15 is 0 Å². The Bertz CT molecular complexity index is 964. The van der Waals surface area contributed by atoms with Crippen molar-refractivity contribution in [2.45, 2.75) is 57.0 Å². The number of carbonyl (C=O) groups is 2. The number of aromatic nitrogens is 2. The first kappa shape index (κ1) is 20.9. The van der Waals surface area contributed by atoms with Crippen molar-refractivity contribution in [3.05, 3.63) is 54.0 Å². The number of hydrogen-bond acceptors (Lipinski definition) is 5. The Morgan fingerprint density at radius 3 is 2.41 bits per heavy atom. The average molecular weight is 435 g/mol. The van der Waals surface area contributed by atoms with Crippen molar-refractivity contribution >= 4 is 11.8 Å². The van der Waals surface area contributed by atoms with E-state index in [1.807, 2.05) is 17.3 Å². The highest BCUT2D eigenvalue weighted by Gasteiger charge is 2.62. The Balaban J connectivity index is 1.30. The van der Waals surface area contributed by atoms with Gasteiger partial charge in [-0.2, -0.15) is 0 Å². The minimum absolute atomic E-state index is 0.0111. The zero-order valence-electron chi connectivity index (χ0n) is 18.6. The lowest BCUT2D eigenvalue weighted by atomic mass is 9.59. The maximum absolute atomic E-state index is 13.5. The second kappa shape index (κ2) is 8.52. The summed E-state index contributed by atoms with van der Waals surface area (Å²) < 4.78 is 5.08. The van der Waals surface area contributed by atoms with Gasteiger partial charge in [0.15, 0.2) is 0 Å². The molecule has 168 valence electrons. The summed E-state index contributed by atoms with van der Waals surface area (Å²) in [4.78, 5) is 38.8. The molecular weight excluding hydrogens is 404 g/mol. The molecule has 32 heavy (non-hydrogen) atoms. The number of likely N-dealkylation sites (tertiary alicyclic amines) is 2. The van der Waals surface area contributed by atoms with Crippen LogP contribution in [0.4, 0.5) is 0 Å². The van der Waals surface area contributed by atoms with E-state index in [0.717, 1.165) is 38.5 Å². The maximum Gasteiger partial charge on any atom is 0.255 e. The largest absolute Gasteiger partial charge is 0.481 e. The van der Waals surface area contributed by atoms with Crippen molar-refractivity contribution in [1.29, 1.82) is 0 Å². The summed E-state index contributed by atoms with van der Waals surface area (Å²) in [5.41, 5.74) is 1.53. The van der Waals surface area contributed by atoms with Gasteiger partial charge in [0.05, 0.1) is 24.1 Å². The van der Waals surface area contributed by atoms with E-state index in [4.69, 9.17) is 4.74 Å². The first-order valence-electron chi connectivity index (χ1n) is 11.7. The number of piperidine rings is 1. The van der Waals surface area contributed by atoms with Gasteiger partial charge in [0, 0.05) is 43.8 Å². The van der Waals surface area contributed by atoms with E-state index in [1.165, 1.54) is 12.0 Å². The molecule has 1 saturated carbocycles. The molecule has 1 spiro atoms. The van der Waals surface area contributed by atoms with E-state index < -0.39 is 0 Å². The van der Waals surface area contributed by atoms with Crippen LogP contribution in [0.5, 0.6) is 5.88 Å². The fourth-order valence-electron chi connectivity index (χ4n) is 5.92. The number of carbonyl (C=O) groups excluding carboxylic acids is 2. The molecule has 2 aromatic rings. The monoisotopic (exact) mass is 434 g/mol. The molecule has 0 bridgehead atoms. The minimum Gasteiger partial charge on any atom is -0.481 e. The second-order valence-corrected chi connectivity index (χ2v) is 9.22. The molecule has 5 rings (SSSR count). The predicted molar refractivity (Wildman–Crippen MR) is 119 cm³/mol. The van der Waals surface area contributed by atoms with Gasteiger partial charge in [0.2, 0.25) is 11.8 Å². The van der Waals surface area contributed by atoms with Gasteiger partial charge in [0.1, 0.15) is 0 Å². The topological polar surface area (TPSA) is 75.6 Å². The third kappa shape index (κ3) is 3.44. The predicted octanol–water partition coefficient (Wildman–Crippen LogP) is 3.62. The highest BCUT2D eigenvalue weighted by Crippen LogP contribution is 2.59. The lowest BCUT2D eigenvalue weighted by Crippen LogP contribution is -2.67. The van der Waals surface area contributed by atoms with Crippen LogP contribution in [0.3, 0.4) is 0 Å². The molecule has 1 aliphatic carbocycles. The van der Waals surface area contributed by atoms with Gasteiger partial charge in [-0.1, -0.05) is 19.3 Å². The van der Waals surface area contributed by atoms with Crippen molar-refractivity contribution in [2.75, 3.05) is 20.2 Å². The summed E-state index contributed by atoms with van der Waals surface area (Å²) >= 11 is 0. The number of hydrogen-bond donors (Lipinski definition) is 0. The Morgan fingerprint density at radius 1 is 1.06 bits per heavy atom. The van der Waals surface area contributed by atoms with Crippen LogP contribution < -0.4 is 4.74 Å². The molecule has 2 aliphatic heterocycles. The molecule has 0 radical (unpaired) electrons. The van der Waals surface area contributed by atoms with Crippen LogP contribution in [0, 0.1) is 5.41 Å². The summed E-state index contributed by atoms with van der Waals surface area (Å²) in [6.07, 6.45) is 12.3. The van der Waals surface area contributed by atoms with E-state index in [-0.39, 0.29) is 23.4 Å². The number of ether oxygens (including phenoxy) is 1. The molecule has 0 aromatic carbocycles. The van der Waals surface area contributed by atoms with Crippen LogP contribution in [-0.4, -0.2) is 57.8 Å². The van der Waals surface area contributed by atoms with Crippen LogP contribution in [0.25, 0.3) is 0 Å². The molecule has 0 N–H and O–H groups in total. The number of pyridine rings is 2. The zero-order chi connectivity index (χ0) is 22.1. The van der Waals surface area contributed by atoms with Crippen LogP contribution in [0.1, 0.15) is 66.9 Å². The normalized spacial score (nSPS) is 23.2. The van der Waals surface area contributed by atoms with Gasteiger partial charge < -0.3 is 14.5 Å². The van der Waals surface area contributed by atoms with Gasteiger partial charge in [-0.15, -0.1) is 0 Å². The highest BCUT2D eigenvalue weighted by atomic mass is 16.5. The Labute approximate surface area is 188 Å². The highest BCUT2D eigenvalue weighted by molar-refractivity contribution is 5.94. The fourth-order valence-corrected chi connectivity index (χ4v) is 5.92. The summed E-state index contributed by atoms with van der Waals surface area (Å²) in [5.74, 6) is 0.807. The van der Waals surface area contributed by atoms with Crippen LogP contribution in [-0.2, 0) is 4.79 Å². The Hall–Kier alpha value is -2.96. The summed E-state index contributed by atoms with van der Waals surface area (Å²) in [6, 6.07) is 7.90. The van der Waals surface area contributed by atoms with Crippen molar-refractivity contribution in [1.82, 2.24) is 19.8 Å². The van der Waals surface area contributed by atoms with Crippen molar-refractivity contribution in [2.24, 2.45) is 5.41 Å². The Morgan fingerprint density at radius 2 is 1.78 bits per heavy atom. The third-order valence-corrected chi connectivity index (χ3v) is 7.57. The van der Waals surface area contributed by atoms with Gasteiger partial charge in [-0.3, -0.25) is 14.6 Å². The first-order chi connectivity index (χ1) is 15.6. The molecule has 4 heterocycles. The summed E-state index contributed by atoms with van der Waals surface area (Å²) in [5, 5.41) is 0. The van der Waals surface area contributed by atoms with Crippen molar-refractivity contribution < 1.29 is 14.3 Å². The summed E-state index contributed by atoms with van der Waals surface area (Å²) in [6.45, 7) is 1.30. The lowest BCUT2D eigenvalue weighted by Gasteiger charge is -2.61. The number of amides is 2.